The quantitative estimate of drug-likeness (QED) is 0.689. The van der Waals surface area contributed by atoms with Crippen LogP contribution in [-0.4, -0.2) is 32.8 Å². The van der Waals surface area contributed by atoms with Gasteiger partial charge in [0.1, 0.15) is 0 Å². The third-order valence-corrected chi connectivity index (χ3v) is 6.03. The minimum Gasteiger partial charge on any atom is -0.337 e. The summed E-state index contributed by atoms with van der Waals surface area (Å²) >= 11 is 0. The van der Waals surface area contributed by atoms with Crippen molar-refractivity contribution in [1.82, 2.24) is 14.5 Å². The van der Waals surface area contributed by atoms with Gasteiger partial charge in [-0.2, -0.15) is 0 Å². The van der Waals surface area contributed by atoms with Crippen molar-refractivity contribution >= 4 is 17.4 Å². The lowest BCUT2D eigenvalue weighted by atomic mass is 9.73. The highest BCUT2D eigenvalue weighted by molar-refractivity contribution is 6.08. The molecular formula is C24H27N3O2. The van der Waals surface area contributed by atoms with Gasteiger partial charge < -0.3 is 4.57 Å². The first-order valence-corrected chi connectivity index (χ1v) is 10.4. The van der Waals surface area contributed by atoms with E-state index < -0.39 is 5.41 Å². The molecule has 0 fully saturated rings. The van der Waals surface area contributed by atoms with Crippen LogP contribution < -0.4 is 0 Å². The molecule has 2 amide bonds. The second kappa shape index (κ2) is 7.82. The molecule has 3 heterocycles. The molecular weight excluding hydrogens is 362 g/mol. The van der Waals surface area contributed by atoms with Crippen molar-refractivity contribution in [3.05, 3.63) is 71.8 Å². The average molecular weight is 389 g/mol. The molecule has 5 nitrogen and oxygen atoms in total. The van der Waals surface area contributed by atoms with E-state index in [0.717, 1.165) is 36.1 Å². The minimum absolute atomic E-state index is 0.0782. The van der Waals surface area contributed by atoms with Crippen LogP contribution >= 0.6 is 0 Å². The molecule has 1 aliphatic carbocycles. The zero-order valence-electron chi connectivity index (χ0n) is 17.1. The van der Waals surface area contributed by atoms with Crippen LogP contribution in [0.15, 0.2) is 55.1 Å². The van der Waals surface area contributed by atoms with Crippen molar-refractivity contribution in [1.29, 1.82) is 0 Å². The molecule has 2 aliphatic heterocycles. The molecule has 1 aromatic carbocycles. The van der Waals surface area contributed by atoms with Gasteiger partial charge in [0.05, 0.1) is 11.7 Å². The monoisotopic (exact) mass is 389 g/mol. The van der Waals surface area contributed by atoms with E-state index in [1.54, 1.807) is 12.5 Å². The number of imide groups is 1. The van der Waals surface area contributed by atoms with Gasteiger partial charge in [-0.25, -0.2) is 4.98 Å². The van der Waals surface area contributed by atoms with E-state index in [0.29, 0.717) is 24.9 Å². The fourth-order valence-electron chi connectivity index (χ4n) is 4.33. The fourth-order valence-corrected chi connectivity index (χ4v) is 4.33. The number of hydrogen-bond acceptors (Lipinski definition) is 3. The Bertz CT molecular complexity index is 988. The van der Waals surface area contributed by atoms with E-state index in [1.165, 1.54) is 4.90 Å². The number of benzene rings is 1. The van der Waals surface area contributed by atoms with Gasteiger partial charge in [0.25, 0.3) is 5.91 Å². The number of allylic oxidation sites excluding steroid dienone is 3. The fraction of sp³-hybridized carbons (Fsp3) is 0.375. The molecule has 2 aromatic rings. The van der Waals surface area contributed by atoms with Crippen LogP contribution in [0.3, 0.4) is 0 Å². The van der Waals surface area contributed by atoms with Gasteiger partial charge in [0, 0.05) is 31.0 Å². The third kappa shape index (κ3) is 3.57. The second-order valence-corrected chi connectivity index (χ2v) is 8.05. The van der Waals surface area contributed by atoms with Crippen LogP contribution in [0, 0.1) is 12.3 Å². The third-order valence-electron chi connectivity index (χ3n) is 6.03. The Morgan fingerprint density at radius 2 is 2.07 bits per heavy atom. The first-order valence-electron chi connectivity index (χ1n) is 10.4. The first kappa shape index (κ1) is 19.4. The molecule has 5 heteroatoms. The number of carbonyl (C=O) groups excluding carboxylic acids is 2. The molecule has 1 aromatic heterocycles. The molecule has 0 saturated heterocycles. The summed E-state index contributed by atoms with van der Waals surface area (Å²) < 4.78 is 2.03. The van der Waals surface area contributed by atoms with Crippen LogP contribution in [0.5, 0.6) is 0 Å². The first-order chi connectivity index (χ1) is 14.0. The molecule has 0 N–H and O–H groups in total. The van der Waals surface area contributed by atoms with Crippen molar-refractivity contribution in [3.8, 4) is 0 Å². The van der Waals surface area contributed by atoms with Crippen molar-refractivity contribution in [2.45, 2.75) is 46.1 Å². The Hall–Kier alpha value is -2.95. The maximum absolute atomic E-state index is 13.7. The Balaban J connectivity index is 1.71. The molecule has 5 rings (SSSR count). The maximum Gasteiger partial charge on any atom is 0.260 e. The standard InChI is InChI=1S/C24H27N3O2/c1-3-13-27-22(28)20-6-5-18(2)21(16-20)19-7-10-24(11-8-19,23(27)29)9-4-14-26-15-12-25-17-26/h5-8,10,12,15-17H,3-4,9,11,13-14H2,1-2H3. The van der Waals surface area contributed by atoms with Crippen LogP contribution in [0.25, 0.3) is 5.57 Å². The average Bonchev–Trinajstić information content (AvgIpc) is 3.25. The maximum atomic E-state index is 13.7. The van der Waals surface area contributed by atoms with Gasteiger partial charge in [-0.15, -0.1) is 0 Å². The van der Waals surface area contributed by atoms with Gasteiger partial charge in [0.15, 0.2) is 0 Å². The normalized spacial score (nSPS) is 20.9. The number of amides is 2. The number of aryl methyl sites for hydroxylation is 2. The largest absolute Gasteiger partial charge is 0.337 e. The van der Waals surface area contributed by atoms with Crippen LogP contribution in [0.2, 0.25) is 0 Å². The predicted octanol–water partition coefficient (Wildman–Crippen LogP) is 4.39. The molecule has 0 radical (unpaired) electrons. The SMILES string of the molecule is CCCN1C(=O)c2ccc(C)c(c2)C2=CCC(CCCn3ccnc3)(C=C2)C1=O. The summed E-state index contributed by atoms with van der Waals surface area (Å²) in [5, 5.41) is 0. The Kier molecular flexibility index (Phi) is 5.22. The van der Waals surface area contributed by atoms with Crippen molar-refractivity contribution in [2.24, 2.45) is 5.41 Å². The molecule has 3 aliphatic rings. The van der Waals surface area contributed by atoms with E-state index >= 15 is 0 Å². The molecule has 1 atom stereocenters. The van der Waals surface area contributed by atoms with Crippen LogP contribution in [0.1, 0.15) is 54.1 Å². The summed E-state index contributed by atoms with van der Waals surface area (Å²) in [7, 11) is 0. The number of carbonyl (C=O) groups is 2. The van der Waals surface area contributed by atoms with Gasteiger partial charge >= 0.3 is 0 Å². The Morgan fingerprint density at radius 3 is 2.76 bits per heavy atom. The van der Waals surface area contributed by atoms with E-state index in [4.69, 9.17) is 0 Å². The van der Waals surface area contributed by atoms with Gasteiger partial charge in [-0.05, 0) is 61.4 Å². The highest BCUT2D eigenvalue weighted by atomic mass is 16.2. The summed E-state index contributed by atoms with van der Waals surface area (Å²) in [6, 6.07) is 5.74. The number of hydrogen-bond donors (Lipinski definition) is 0. The molecule has 1 unspecified atom stereocenters. The number of aromatic nitrogens is 2. The lowest BCUT2D eigenvalue weighted by Gasteiger charge is -2.37. The molecule has 0 saturated carbocycles. The number of imidazole rings is 1. The Labute approximate surface area is 171 Å². The smallest absolute Gasteiger partial charge is 0.260 e. The number of rotatable bonds is 6. The topological polar surface area (TPSA) is 55.2 Å². The highest BCUT2D eigenvalue weighted by Crippen LogP contribution is 2.41. The second-order valence-electron chi connectivity index (χ2n) is 8.05. The van der Waals surface area contributed by atoms with Crippen molar-refractivity contribution < 1.29 is 9.59 Å². The molecule has 4 bridgehead atoms. The number of fused-ring (bicyclic) bond motifs is 3. The summed E-state index contributed by atoms with van der Waals surface area (Å²) in [6.07, 6.45) is 14.7. The van der Waals surface area contributed by atoms with Crippen LogP contribution in [0.4, 0.5) is 0 Å². The van der Waals surface area contributed by atoms with E-state index in [1.807, 2.05) is 42.0 Å². The summed E-state index contributed by atoms with van der Waals surface area (Å²) in [4.78, 5) is 32.5. The molecule has 0 spiro atoms. The highest BCUT2D eigenvalue weighted by Gasteiger charge is 2.42. The van der Waals surface area contributed by atoms with Gasteiger partial charge in [-0.3, -0.25) is 14.5 Å². The van der Waals surface area contributed by atoms with Crippen molar-refractivity contribution in [3.63, 3.8) is 0 Å². The lowest BCUT2D eigenvalue weighted by Crippen LogP contribution is -2.47. The summed E-state index contributed by atoms with van der Waals surface area (Å²) in [5.41, 5.74) is 3.23. The van der Waals surface area contributed by atoms with E-state index in [9.17, 15) is 9.59 Å². The zero-order valence-corrected chi connectivity index (χ0v) is 17.1. The molecule has 150 valence electrons. The predicted molar refractivity (Wildman–Crippen MR) is 113 cm³/mol. The van der Waals surface area contributed by atoms with Gasteiger partial charge in [0.2, 0.25) is 5.91 Å². The van der Waals surface area contributed by atoms with E-state index in [-0.39, 0.29) is 11.8 Å². The van der Waals surface area contributed by atoms with Crippen LogP contribution in [-0.2, 0) is 11.3 Å². The minimum atomic E-state index is -0.667. The van der Waals surface area contributed by atoms with Gasteiger partial charge in [-0.1, -0.05) is 31.2 Å². The summed E-state index contributed by atoms with van der Waals surface area (Å²) in [6.45, 7) is 5.31. The summed E-state index contributed by atoms with van der Waals surface area (Å²) in [5.74, 6) is -0.265. The number of nitrogens with zero attached hydrogens (tertiary/aromatic N) is 3. The Morgan fingerprint density at radius 1 is 1.21 bits per heavy atom. The van der Waals surface area contributed by atoms with Crippen molar-refractivity contribution in [2.75, 3.05) is 6.54 Å². The molecule has 29 heavy (non-hydrogen) atoms. The lowest BCUT2D eigenvalue weighted by molar-refractivity contribution is -0.137. The van der Waals surface area contributed by atoms with E-state index in [2.05, 4.69) is 24.1 Å². The zero-order chi connectivity index (χ0) is 20.4.